The van der Waals surface area contributed by atoms with Crippen molar-refractivity contribution >= 4 is 29.0 Å². The molecular formula is C17H17Cl2NO. The van der Waals surface area contributed by atoms with Crippen LogP contribution in [-0.2, 0) is 11.2 Å². The molecule has 2 N–H and O–H groups in total. The van der Waals surface area contributed by atoms with Gasteiger partial charge in [-0.2, -0.15) is 0 Å². The predicted molar refractivity (Wildman–Crippen MR) is 87.8 cm³/mol. The molecule has 0 amide bonds. The number of rotatable bonds is 6. The summed E-state index contributed by atoms with van der Waals surface area (Å²) in [6.45, 7) is 0. The quantitative estimate of drug-likeness (QED) is 0.845. The highest BCUT2D eigenvalue weighted by Crippen LogP contribution is 2.23. The fourth-order valence-corrected chi connectivity index (χ4v) is 2.47. The molecule has 1 atom stereocenters. The van der Waals surface area contributed by atoms with Crippen molar-refractivity contribution in [2.75, 3.05) is 0 Å². The minimum absolute atomic E-state index is 0.107. The maximum absolute atomic E-state index is 12.0. The zero-order valence-corrected chi connectivity index (χ0v) is 13.1. The van der Waals surface area contributed by atoms with Gasteiger partial charge in [-0.05, 0) is 29.7 Å². The number of benzene rings is 2. The zero-order chi connectivity index (χ0) is 15.2. The Bertz CT molecular complexity index is 613. The first-order valence-electron chi connectivity index (χ1n) is 6.82. The Morgan fingerprint density at radius 2 is 1.76 bits per heavy atom. The number of halogens is 2. The van der Waals surface area contributed by atoms with Crippen molar-refractivity contribution in [2.45, 2.75) is 25.3 Å². The van der Waals surface area contributed by atoms with E-state index in [4.69, 9.17) is 28.9 Å². The molecule has 0 spiro atoms. The van der Waals surface area contributed by atoms with Crippen molar-refractivity contribution in [3.63, 3.8) is 0 Å². The van der Waals surface area contributed by atoms with E-state index in [0.29, 0.717) is 29.3 Å². The lowest BCUT2D eigenvalue weighted by Gasteiger charge is -2.11. The molecule has 0 fully saturated rings. The van der Waals surface area contributed by atoms with Crippen LogP contribution in [0.3, 0.4) is 0 Å². The molecule has 0 aliphatic heterocycles. The Kier molecular flexibility index (Phi) is 5.80. The summed E-state index contributed by atoms with van der Waals surface area (Å²) >= 11 is 11.8. The van der Waals surface area contributed by atoms with Gasteiger partial charge in [-0.1, -0.05) is 59.6 Å². The molecule has 2 nitrogen and oxygen atoms in total. The minimum atomic E-state index is -0.107. The van der Waals surface area contributed by atoms with Gasteiger partial charge in [0.1, 0.15) is 5.78 Å². The van der Waals surface area contributed by atoms with E-state index in [0.717, 1.165) is 11.1 Å². The lowest BCUT2D eigenvalue weighted by atomic mass is 9.99. The third-order valence-electron chi connectivity index (χ3n) is 3.35. The highest BCUT2D eigenvalue weighted by Gasteiger charge is 2.10. The maximum atomic E-state index is 12.0. The molecule has 0 aromatic heterocycles. The Hall–Kier alpha value is -1.35. The van der Waals surface area contributed by atoms with E-state index < -0.39 is 0 Å². The molecule has 110 valence electrons. The summed E-state index contributed by atoms with van der Waals surface area (Å²) in [4.78, 5) is 12.0. The van der Waals surface area contributed by atoms with E-state index in [-0.39, 0.29) is 11.8 Å². The lowest BCUT2D eigenvalue weighted by Crippen LogP contribution is -2.13. The highest BCUT2D eigenvalue weighted by molar-refractivity contribution is 6.42. The average Bonchev–Trinajstić information content (AvgIpc) is 2.49. The molecule has 0 aliphatic rings. The van der Waals surface area contributed by atoms with Gasteiger partial charge in [-0.15, -0.1) is 0 Å². The van der Waals surface area contributed by atoms with Gasteiger partial charge in [0.2, 0.25) is 0 Å². The molecular weight excluding hydrogens is 305 g/mol. The van der Waals surface area contributed by atoms with Crippen molar-refractivity contribution in [1.29, 1.82) is 0 Å². The Balaban J connectivity index is 1.86. The van der Waals surface area contributed by atoms with E-state index >= 15 is 0 Å². The third kappa shape index (κ3) is 4.85. The van der Waals surface area contributed by atoms with Crippen molar-refractivity contribution in [3.05, 3.63) is 69.7 Å². The van der Waals surface area contributed by atoms with Gasteiger partial charge in [0.15, 0.2) is 0 Å². The molecule has 4 heteroatoms. The van der Waals surface area contributed by atoms with Crippen LogP contribution in [0, 0.1) is 0 Å². The fraction of sp³-hybridized carbons (Fsp3) is 0.235. The van der Waals surface area contributed by atoms with Crippen LogP contribution in [0.2, 0.25) is 10.0 Å². The summed E-state index contributed by atoms with van der Waals surface area (Å²) in [5.41, 5.74) is 8.02. The van der Waals surface area contributed by atoms with E-state index in [2.05, 4.69) is 0 Å². The topological polar surface area (TPSA) is 43.1 Å². The molecule has 21 heavy (non-hydrogen) atoms. The second-order valence-corrected chi connectivity index (χ2v) is 5.83. The summed E-state index contributed by atoms with van der Waals surface area (Å²) < 4.78 is 0. The van der Waals surface area contributed by atoms with Gasteiger partial charge in [0, 0.05) is 18.9 Å². The second kappa shape index (κ2) is 7.60. The summed E-state index contributed by atoms with van der Waals surface area (Å²) in [6.07, 6.45) is 1.46. The van der Waals surface area contributed by atoms with Gasteiger partial charge >= 0.3 is 0 Å². The fourth-order valence-electron chi connectivity index (χ4n) is 2.15. The summed E-state index contributed by atoms with van der Waals surface area (Å²) in [5, 5.41) is 0.974. The number of carbonyl (C=O) groups excluding carboxylic acids is 1. The Morgan fingerprint density at radius 3 is 2.43 bits per heavy atom. The number of Topliss-reactive ketones (excluding diaryl/α,β-unsaturated/α-hetero) is 1. The van der Waals surface area contributed by atoms with Gasteiger partial charge in [-0.3, -0.25) is 4.79 Å². The van der Waals surface area contributed by atoms with Gasteiger partial charge in [0.25, 0.3) is 0 Å². The molecule has 0 radical (unpaired) electrons. The van der Waals surface area contributed by atoms with Crippen LogP contribution < -0.4 is 5.73 Å². The summed E-state index contributed by atoms with van der Waals surface area (Å²) in [6, 6.07) is 15.0. The second-order valence-electron chi connectivity index (χ2n) is 5.02. The van der Waals surface area contributed by atoms with E-state index in [1.54, 1.807) is 12.1 Å². The maximum Gasteiger partial charge on any atom is 0.137 e. The highest BCUT2D eigenvalue weighted by atomic mass is 35.5. The lowest BCUT2D eigenvalue weighted by molar-refractivity contribution is -0.118. The van der Waals surface area contributed by atoms with Gasteiger partial charge in [-0.25, -0.2) is 0 Å². The van der Waals surface area contributed by atoms with Crippen LogP contribution in [0.1, 0.15) is 30.0 Å². The van der Waals surface area contributed by atoms with Gasteiger partial charge in [0.05, 0.1) is 10.0 Å². The van der Waals surface area contributed by atoms with Crippen LogP contribution in [0.4, 0.5) is 0 Å². The Labute approximate surface area is 134 Å². The van der Waals surface area contributed by atoms with Crippen molar-refractivity contribution in [1.82, 2.24) is 0 Å². The molecule has 2 aromatic rings. The molecule has 2 aromatic carbocycles. The molecule has 0 aliphatic carbocycles. The van der Waals surface area contributed by atoms with Crippen molar-refractivity contribution in [3.8, 4) is 0 Å². The van der Waals surface area contributed by atoms with Crippen LogP contribution >= 0.6 is 23.2 Å². The molecule has 0 heterocycles. The number of nitrogens with two attached hydrogens (primary N) is 1. The largest absolute Gasteiger partial charge is 0.324 e. The standard InChI is InChI=1S/C17H17Cl2NO/c18-15-8-6-12(11-16(15)19)10-14(21)7-9-17(20)13-4-2-1-3-5-13/h1-6,8,11,17H,7,9-10,20H2. The number of hydrogen-bond donors (Lipinski definition) is 1. The normalized spacial score (nSPS) is 12.1. The van der Waals surface area contributed by atoms with E-state index in [9.17, 15) is 4.79 Å². The summed E-state index contributed by atoms with van der Waals surface area (Å²) in [5.74, 6) is 0.153. The third-order valence-corrected chi connectivity index (χ3v) is 4.09. The molecule has 2 rings (SSSR count). The van der Waals surface area contributed by atoms with Crippen LogP contribution in [0.15, 0.2) is 48.5 Å². The number of ketones is 1. The van der Waals surface area contributed by atoms with Crippen LogP contribution in [0.5, 0.6) is 0 Å². The average molecular weight is 322 g/mol. The van der Waals surface area contributed by atoms with E-state index in [1.807, 2.05) is 36.4 Å². The van der Waals surface area contributed by atoms with Crippen molar-refractivity contribution in [2.24, 2.45) is 5.73 Å². The molecule has 0 saturated heterocycles. The molecule has 0 bridgehead atoms. The first kappa shape index (κ1) is 16.0. The number of carbonyl (C=O) groups is 1. The zero-order valence-electron chi connectivity index (χ0n) is 11.6. The van der Waals surface area contributed by atoms with Gasteiger partial charge < -0.3 is 5.73 Å². The van der Waals surface area contributed by atoms with E-state index in [1.165, 1.54) is 0 Å². The number of hydrogen-bond acceptors (Lipinski definition) is 2. The monoisotopic (exact) mass is 321 g/mol. The Morgan fingerprint density at radius 1 is 1.05 bits per heavy atom. The smallest absolute Gasteiger partial charge is 0.137 e. The summed E-state index contributed by atoms with van der Waals surface area (Å²) in [7, 11) is 0. The van der Waals surface area contributed by atoms with Crippen LogP contribution in [0.25, 0.3) is 0 Å². The minimum Gasteiger partial charge on any atom is -0.324 e. The first-order chi connectivity index (χ1) is 10.1. The van der Waals surface area contributed by atoms with Crippen molar-refractivity contribution < 1.29 is 4.79 Å². The molecule has 1 unspecified atom stereocenters. The molecule has 0 saturated carbocycles. The predicted octanol–water partition coefficient (Wildman–Crippen LogP) is 4.59. The SMILES string of the molecule is NC(CCC(=O)Cc1ccc(Cl)c(Cl)c1)c1ccccc1. The van der Waals surface area contributed by atoms with Crippen LogP contribution in [-0.4, -0.2) is 5.78 Å². The first-order valence-corrected chi connectivity index (χ1v) is 7.58.